The number of carbonyl (C=O) groups excluding carboxylic acids is 1. The zero-order chi connectivity index (χ0) is 13.8. The Morgan fingerprint density at radius 1 is 1.50 bits per heavy atom. The first kappa shape index (κ1) is 15.4. The zero-order valence-corrected chi connectivity index (χ0v) is 12.0. The molecule has 1 rings (SSSR count). The van der Waals surface area contributed by atoms with Crippen LogP contribution in [0.5, 0.6) is 0 Å². The van der Waals surface area contributed by atoms with Gasteiger partial charge in [0.05, 0.1) is 0 Å². The molecule has 0 saturated heterocycles. The van der Waals surface area contributed by atoms with Gasteiger partial charge in [0.2, 0.25) is 5.91 Å². The molecule has 0 aromatic heterocycles. The monoisotopic (exact) mass is 256 g/mol. The van der Waals surface area contributed by atoms with Gasteiger partial charge in [-0.3, -0.25) is 9.69 Å². The SMILES string of the molecule is CCCN(C(O)CC(C)(CC)CC(N)=O)C1CC1. The summed E-state index contributed by atoms with van der Waals surface area (Å²) in [5, 5.41) is 10.4. The highest BCUT2D eigenvalue weighted by Gasteiger charge is 2.36. The fourth-order valence-corrected chi connectivity index (χ4v) is 2.56. The number of nitrogens with zero attached hydrogens (tertiary/aromatic N) is 1. The number of aliphatic hydroxyl groups excluding tert-OH is 1. The van der Waals surface area contributed by atoms with E-state index in [-0.39, 0.29) is 11.3 Å². The van der Waals surface area contributed by atoms with Crippen molar-refractivity contribution in [3.8, 4) is 0 Å². The molecular weight excluding hydrogens is 228 g/mol. The standard InChI is InChI=1S/C14H28N2O2/c1-4-8-16(11-6-7-11)13(18)10-14(3,5-2)9-12(15)17/h11,13,18H,4-10H2,1-3H3,(H2,15,17). The van der Waals surface area contributed by atoms with Crippen molar-refractivity contribution in [3.05, 3.63) is 0 Å². The molecule has 0 spiro atoms. The van der Waals surface area contributed by atoms with Gasteiger partial charge in [-0.1, -0.05) is 27.2 Å². The van der Waals surface area contributed by atoms with Gasteiger partial charge in [0.1, 0.15) is 6.23 Å². The fourth-order valence-electron chi connectivity index (χ4n) is 2.56. The number of hydrogen-bond acceptors (Lipinski definition) is 3. The van der Waals surface area contributed by atoms with E-state index in [9.17, 15) is 9.90 Å². The van der Waals surface area contributed by atoms with Gasteiger partial charge in [0, 0.05) is 19.0 Å². The van der Waals surface area contributed by atoms with E-state index in [4.69, 9.17) is 5.73 Å². The lowest BCUT2D eigenvalue weighted by atomic mass is 9.79. The molecule has 2 atom stereocenters. The van der Waals surface area contributed by atoms with Crippen LogP contribution in [0.15, 0.2) is 0 Å². The fraction of sp³-hybridized carbons (Fsp3) is 0.929. The van der Waals surface area contributed by atoms with Gasteiger partial charge in [0.15, 0.2) is 0 Å². The molecule has 4 heteroatoms. The maximum absolute atomic E-state index is 11.1. The highest BCUT2D eigenvalue weighted by molar-refractivity contribution is 5.74. The summed E-state index contributed by atoms with van der Waals surface area (Å²) in [7, 11) is 0. The lowest BCUT2D eigenvalue weighted by molar-refractivity contribution is -0.121. The average Bonchev–Trinajstić information content (AvgIpc) is 3.08. The third-order valence-corrected chi connectivity index (χ3v) is 4.01. The molecule has 0 bridgehead atoms. The molecule has 106 valence electrons. The van der Waals surface area contributed by atoms with Crippen molar-refractivity contribution in [2.45, 2.75) is 71.6 Å². The first-order valence-corrected chi connectivity index (χ1v) is 7.14. The minimum atomic E-state index is -0.443. The Bertz CT molecular complexity index is 279. The number of aliphatic hydroxyl groups is 1. The second-order valence-electron chi connectivity index (χ2n) is 5.96. The molecule has 4 nitrogen and oxygen atoms in total. The van der Waals surface area contributed by atoms with Crippen LogP contribution in [0.4, 0.5) is 0 Å². The molecule has 0 aromatic rings. The minimum absolute atomic E-state index is 0.188. The summed E-state index contributed by atoms with van der Waals surface area (Å²) in [6, 6.07) is 0.551. The summed E-state index contributed by atoms with van der Waals surface area (Å²) in [5.74, 6) is -0.278. The molecule has 1 fully saturated rings. The highest BCUT2D eigenvalue weighted by Crippen LogP contribution is 2.35. The van der Waals surface area contributed by atoms with Gasteiger partial charge in [-0.2, -0.15) is 0 Å². The van der Waals surface area contributed by atoms with Gasteiger partial charge >= 0.3 is 0 Å². The van der Waals surface area contributed by atoms with E-state index >= 15 is 0 Å². The summed E-state index contributed by atoms with van der Waals surface area (Å²) in [6.07, 6.45) is 4.82. The van der Waals surface area contributed by atoms with Gasteiger partial charge in [-0.15, -0.1) is 0 Å². The topological polar surface area (TPSA) is 66.6 Å². The summed E-state index contributed by atoms with van der Waals surface area (Å²) >= 11 is 0. The van der Waals surface area contributed by atoms with Gasteiger partial charge in [-0.05, 0) is 31.1 Å². The molecule has 0 heterocycles. The highest BCUT2D eigenvalue weighted by atomic mass is 16.3. The molecule has 1 amide bonds. The summed E-state index contributed by atoms with van der Waals surface area (Å²) < 4.78 is 0. The molecule has 0 radical (unpaired) electrons. The van der Waals surface area contributed by atoms with E-state index in [1.807, 2.05) is 6.92 Å². The third kappa shape index (κ3) is 4.58. The first-order chi connectivity index (χ1) is 8.41. The largest absolute Gasteiger partial charge is 0.378 e. The smallest absolute Gasteiger partial charge is 0.217 e. The van der Waals surface area contributed by atoms with Crippen LogP contribution in [0.2, 0.25) is 0 Å². The van der Waals surface area contributed by atoms with Crippen molar-refractivity contribution < 1.29 is 9.90 Å². The normalized spacial score (nSPS) is 20.7. The third-order valence-electron chi connectivity index (χ3n) is 4.01. The summed E-state index contributed by atoms with van der Waals surface area (Å²) in [6.45, 7) is 7.15. The molecule has 0 aromatic carbocycles. The van der Waals surface area contributed by atoms with Crippen LogP contribution in [0.25, 0.3) is 0 Å². The van der Waals surface area contributed by atoms with E-state index in [1.54, 1.807) is 0 Å². The molecule has 1 aliphatic carbocycles. The maximum Gasteiger partial charge on any atom is 0.217 e. The number of hydrogen-bond donors (Lipinski definition) is 2. The van der Waals surface area contributed by atoms with Gasteiger partial charge < -0.3 is 10.8 Å². The lowest BCUT2D eigenvalue weighted by Gasteiger charge is -2.35. The lowest BCUT2D eigenvalue weighted by Crippen LogP contribution is -2.41. The molecule has 1 saturated carbocycles. The number of carbonyl (C=O) groups is 1. The number of rotatable bonds is 9. The number of primary amides is 1. The van der Waals surface area contributed by atoms with E-state index in [0.29, 0.717) is 18.9 Å². The number of amides is 1. The van der Waals surface area contributed by atoms with E-state index < -0.39 is 6.23 Å². The van der Waals surface area contributed by atoms with Crippen molar-refractivity contribution in [3.63, 3.8) is 0 Å². The van der Waals surface area contributed by atoms with Crippen LogP contribution in [-0.2, 0) is 4.79 Å². The molecule has 18 heavy (non-hydrogen) atoms. The summed E-state index contributed by atoms with van der Waals surface area (Å²) in [4.78, 5) is 13.3. The van der Waals surface area contributed by atoms with Crippen molar-refractivity contribution >= 4 is 5.91 Å². The predicted molar refractivity (Wildman–Crippen MR) is 72.9 cm³/mol. The van der Waals surface area contributed by atoms with Crippen molar-refractivity contribution in [2.24, 2.45) is 11.1 Å². The second-order valence-corrected chi connectivity index (χ2v) is 5.96. The zero-order valence-electron chi connectivity index (χ0n) is 12.0. The first-order valence-electron chi connectivity index (χ1n) is 7.14. The molecule has 2 unspecified atom stereocenters. The van der Waals surface area contributed by atoms with Crippen LogP contribution in [0.3, 0.4) is 0 Å². The second kappa shape index (κ2) is 6.53. The number of nitrogens with two attached hydrogens (primary N) is 1. The van der Waals surface area contributed by atoms with Crippen LogP contribution < -0.4 is 5.73 Å². The van der Waals surface area contributed by atoms with E-state index in [1.165, 1.54) is 12.8 Å². The Hall–Kier alpha value is -0.610. The predicted octanol–water partition coefficient (Wildman–Crippen LogP) is 1.86. The van der Waals surface area contributed by atoms with Gasteiger partial charge in [-0.25, -0.2) is 0 Å². The van der Waals surface area contributed by atoms with Crippen molar-refractivity contribution in [1.29, 1.82) is 0 Å². The van der Waals surface area contributed by atoms with E-state index in [2.05, 4.69) is 18.7 Å². The molecule has 3 N–H and O–H groups in total. The molecule has 1 aliphatic rings. The van der Waals surface area contributed by atoms with Crippen molar-refractivity contribution in [2.75, 3.05) is 6.54 Å². The van der Waals surface area contributed by atoms with E-state index in [0.717, 1.165) is 19.4 Å². The molecular formula is C14H28N2O2. The Morgan fingerprint density at radius 3 is 2.50 bits per heavy atom. The summed E-state index contributed by atoms with van der Waals surface area (Å²) in [5.41, 5.74) is 5.11. The maximum atomic E-state index is 11.1. The Balaban J connectivity index is 2.58. The Morgan fingerprint density at radius 2 is 2.11 bits per heavy atom. The average molecular weight is 256 g/mol. The minimum Gasteiger partial charge on any atom is -0.378 e. The Kier molecular flexibility index (Phi) is 5.60. The van der Waals surface area contributed by atoms with Crippen LogP contribution in [0.1, 0.15) is 59.3 Å². The Labute approximate surface area is 111 Å². The van der Waals surface area contributed by atoms with Gasteiger partial charge in [0.25, 0.3) is 0 Å². The van der Waals surface area contributed by atoms with Crippen LogP contribution in [-0.4, -0.2) is 34.7 Å². The van der Waals surface area contributed by atoms with Crippen LogP contribution in [0, 0.1) is 5.41 Å². The van der Waals surface area contributed by atoms with Crippen LogP contribution >= 0.6 is 0 Å². The molecule has 0 aliphatic heterocycles. The van der Waals surface area contributed by atoms with Crippen molar-refractivity contribution in [1.82, 2.24) is 4.90 Å². The quantitative estimate of drug-likeness (QED) is 0.619.